The highest BCUT2D eigenvalue weighted by Gasteiger charge is 2.07. The molecule has 0 unspecified atom stereocenters. The molecule has 0 atom stereocenters. The number of carbonyl (C=O) groups is 1. The Bertz CT molecular complexity index is 867. The van der Waals surface area contributed by atoms with Gasteiger partial charge >= 0.3 is 0 Å². The number of amides is 1. The van der Waals surface area contributed by atoms with Crippen LogP contribution < -0.4 is 10.2 Å². The van der Waals surface area contributed by atoms with Crippen molar-refractivity contribution in [2.24, 2.45) is 5.10 Å². The molecule has 0 radical (unpaired) electrons. The third kappa shape index (κ3) is 4.42. The van der Waals surface area contributed by atoms with E-state index in [1.165, 1.54) is 5.56 Å². The van der Waals surface area contributed by atoms with Crippen molar-refractivity contribution < 1.29 is 9.53 Å². The highest BCUT2D eigenvalue weighted by molar-refractivity contribution is 7.20. The van der Waals surface area contributed by atoms with Crippen LogP contribution in [0.4, 0.5) is 0 Å². The van der Waals surface area contributed by atoms with E-state index in [-0.39, 0.29) is 12.5 Å². The van der Waals surface area contributed by atoms with E-state index in [1.54, 1.807) is 11.3 Å². The minimum atomic E-state index is -0.306. The summed E-state index contributed by atoms with van der Waals surface area (Å²) in [6, 6.07) is 15.6. The number of carbonyl (C=O) groups excluding carboxylic acids is 1. The Hall–Kier alpha value is -2.73. The van der Waals surface area contributed by atoms with Gasteiger partial charge in [-0.3, -0.25) is 4.79 Å². The van der Waals surface area contributed by atoms with Crippen molar-refractivity contribution in [3.8, 4) is 5.75 Å². The maximum absolute atomic E-state index is 11.9. The monoisotopic (exact) mass is 353 g/mol. The van der Waals surface area contributed by atoms with Gasteiger partial charge < -0.3 is 4.74 Å². The molecule has 3 rings (SSSR count). The normalized spacial score (nSPS) is 11.5. The van der Waals surface area contributed by atoms with Crippen molar-refractivity contribution in [3.05, 3.63) is 59.1 Å². The number of hydrogen-bond acceptors (Lipinski definition) is 5. The van der Waals surface area contributed by atoms with Gasteiger partial charge in [-0.1, -0.05) is 31.2 Å². The standard InChI is InChI=1S/C19H19N3O2S/c1-3-14-8-10-15(11-9-14)24-12-18(23)22-21-13(2)19-20-16-6-4-5-7-17(16)25-19/h4-11H,3,12H2,1-2H3,(H,22,23)/b21-13-. The Morgan fingerprint density at radius 1 is 1.20 bits per heavy atom. The fourth-order valence-electron chi connectivity index (χ4n) is 2.22. The first-order valence-electron chi connectivity index (χ1n) is 8.06. The quantitative estimate of drug-likeness (QED) is 0.542. The molecule has 0 fully saturated rings. The van der Waals surface area contributed by atoms with Crippen LogP contribution in [0.15, 0.2) is 53.6 Å². The number of hydrazone groups is 1. The van der Waals surface area contributed by atoms with Gasteiger partial charge in [-0.25, -0.2) is 10.4 Å². The number of aromatic nitrogens is 1. The van der Waals surface area contributed by atoms with E-state index in [1.807, 2.05) is 55.5 Å². The third-order valence-corrected chi connectivity index (χ3v) is 4.80. The summed E-state index contributed by atoms with van der Waals surface area (Å²) in [6.45, 7) is 3.83. The van der Waals surface area contributed by atoms with E-state index < -0.39 is 0 Å². The van der Waals surface area contributed by atoms with Gasteiger partial charge in [0.25, 0.3) is 5.91 Å². The lowest BCUT2D eigenvalue weighted by Gasteiger charge is -2.06. The van der Waals surface area contributed by atoms with Crippen molar-refractivity contribution in [1.82, 2.24) is 10.4 Å². The molecule has 128 valence electrons. The molecule has 25 heavy (non-hydrogen) atoms. The van der Waals surface area contributed by atoms with E-state index in [0.29, 0.717) is 11.5 Å². The molecule has 0 bridgehead atoms. The first kappa shape index (κ1) is 17.1. The molecule has 0 saturated carbocycles. The van der Waals surface area contributed by atoms with Crippen molar-refractivity contribution in [1.29, 1.82) is 0 Å². The van der Waals surface area contributed by atoms with Crippen LogP contribution in [0.1, 0.15) is 24.4 Å². The molecule has 0 aliphatic carbocycles. The average Bonchev–Trinajstić information content (AvgIpc) is 3.09. The molecule has 3 aromatic rings. The molecule has 1 aromatic heterocycles. The lowest BCUT2D eigenvalue weighted by atomic mass is 10.2. The van der Waals surface area contributed by atoms with Crippen LogP contribution in [-0.4, -0.2) is 23.2 Å². The molecule has 0 aliphatic heterocycles. The van der Waals surface area contributed by atoms with Crippen LogP contribution in [0.3, 0.4) is 0 Å². The predicted molar refractivity (Wildman–Crippen MR) is 101 cm³/mol. The molecule has 5 nitrogen and oxygen atoms in total. The topological polar surface area (TPSA) is 63.6 Å². The maximum Gasteiger partial charge on any atom is 0.277 e. The Kier molecular flexibility index (Phi) is 5.40. The molecular formula is C19H19N3O2S. The highest BCUT2D eigenvalue weighted by Crippen LogP contribution is 2.21. The van der Waals surface area contributed by atoms with Crippen molar-refractivity contribution >= 4 is 33.2 Å². The van der Waals surface area contributed by atoms with Crippen molar-refractivity contribution in [3.63, 3.8) is 0 Å². The third-order valence-electron chi connectivity index (χ3n) is 3.65. The first-order valence-corrected chi connectivity index (χ1v) is 8.88. The summed E-state index contributed by atoms with van der Waals surface area (Å²) in [6.07, 6.45) is 0.973. The van der Waals surface area contributed by atoms with Crippen LogP contribution >= 0.6 is 11.3 Å². The Morgan fingerprint density at radius 2 is 1.96 bits per heavy atom. The largest absolute Gasteiger partial charge is 0.484 e. The zero-order valence-electron chi connectivity index (χ0n) is 14.2. The van der Waals surface area contributed by atoms with E-state index in [4.69, 9.17) is 4.74 Å². The van der Waals surface area contributed by atoms with Crippen molar-refractivity contribution in [2.75, 3.05) is 6.61 Å². The number of thiazole rings is 1. The molecule has 0 saturated heterocycles. The van der Waals surface area contributed by atoms with E-state index >= 15 is 0 Å². The lowest BCUT2D eigenvalue weighted by Crippen LogP contribution is -2.25. The number of fused-ring (bicyclic) bond motifs is 1. The zero-order chi connectivity index (χ0) is 17.6. The van der Waals surface area contributed by atoms with Crippen LogP contribution in [-0.2, 0) is 11.2 Å². The lowest BCUT2D eigenvalue weighted by molar-refractivity contribution is -0.123. The second kappa shape index (κ2) is 7.90. The van der Waals surface area contributed by atoms with Crippen LogP contribution in [0.25, 0.3) is 10.2 Å². The van der Waals surface area contributed by atoms with E-state index in [0.717, 1.165) is 21.6 Å². The summed E-state index contributed by atoms with van der Waals surface area (Å²) in [4.78, 5) is 16.4. The minimum absolute atomic E-state index is 0.0813. The second-order valence-electron chi connectivity index (χ2n) is 5.51. The maximum atomic E-state index is 11.9. The predicted octanol–water partition coefficient (Wildman–Crippen LogP) is 3.78. The van der Waals surface area contributed by atoms with Crippen LogP contribution in [0.5, 0.6) is 5.75 Å². The summed E-state index contributed by atoms with van der Waals surface area (Å²) in [7, 11) is 0. The summed E-state index contributed by atoms with van der Waals surface area (Å²) >= 11 is 1.55. The summed E-state index contributed by atoms with van der Waals surface area (Å²) < 4.78 is 6.55. The fourth-order valence-corrected chi connectivity index (χ4v) is 3.13. The Morgan fingerprint density at radius 3 is 2.68 bits per heavy atom. The van der Waals surface area contributed by atoms with Crippen LogP contribution in [0, 0.1) is 0 Å². The molecule has 6 heteroatoms. The number of hydrogen-bond donors (Lipinski definition) is 1. The molecular weight excluding hydrogens is 334 g/mol. The average molecular weight is 353 g/mol. The Balaban J connectivity index is 1.55. The molecule has 0 spiro atoms. The number of aryl methyl sites for hydroxylation is 1. The summed E-state index contributed by atoms with van der Waals surface area (Å²) in [5, 5.41) is 4.90. The first-order chi connectivity index (χ1) is 12.2. The smallest absolute Gasteiger partial charge is 0.277 e. The van der Waals surface area contributed by atoms with Gasteiger partial charge in [-0.05, 0) is 43.2 Å². The van der Waals surface area contributed by atoms with Gasteiger partial charge in [0, 0.05) is 0 Å². The number of nitrogens with one attached hydrogen (secondary N) is 1. The molecule has 1 N–H and O–H groups in total. The SMILES string of the molecule is CCc1ccc(OCC(=O)N/N=C(/C)c2nc3ccccc3s2)cc1. The summed E-state index contributed by atoms with van der Waals surface area (Å²) in [5.74, 6) is 0.360. The second-order valence-corrected chi connectivity index (χ2v) is 6.54. The molecule has 1 amide bonds. The van der Waals surface area contributed by atoms with Gasteiger partial charge in [-0.2, -0.15) is 5.10 Å². The zero-order valence-corrected chi connectivity index (χ0v) is 15.0. The fraction of sp³-hybridized carbons (Fsp3) is 0.211. The highest BCUT2D eigenvalue weighted by atomic mass is 32.1. The van der Waals surface area contributed by atoms with Gasteiger partial charge in [0.05, 0.1) is 15.9 Å². The van der Waals surface area contributed by atoms with Crippen LogP contribution in [0.2, 0.25) is 0 Å². The molecule has 2 aromatic carbocycles. The van der Waals surface area contributed by atoms with Gasteiger partial charge in [-0.15, -0.1) is 11.3 Å². The molecule has 0 aliphatic rings. The minimum Gasteiger partial charge on any atom is -0.484 e. The van der Waals surface area contributed by atoms with E-state index in [9.17, 15) is 4.79 Å². The molecule has 1 heterocycles. The Labute approximate surface area is 150 Å². The van der Waals surface area contributed by atoms with Gasteiger partial charge in [0.1, 0.15) is 10.8 Å². The number of para-hydroxylation sites is 1. The van der Waals surface area contributed by atoms with Crippen molar-refractivity contribution in [2.45, 2.75) is 20.3 Å². The summed E-state index contributed by atoms with van der Waals surface area (Å²) in [5.41, 5.74) is 5.34. The van der Waals surface area contributed by atoms with Gasteiger partial charge in [0.2, 0.25) is 0 Å². The number of benzene rings is 2. The van der Waals surface area contributed by atoms with Gasteiger partial charge in [0.15, 0.2) is 6.61 Å². The van der Waals surface area contributed by atoms with E-state index in [2.05, 4.69) is 22.4 Å². The number of nitrogens with zero attached hydrogens (tertiary/aromatic N) is 2. The number of ether oxygens (including phenoxy) is 1. The number of rotatable bonds is 6.